The zero-order valence-electron chi connectivity index (χ0n) is 23.9. The molecule has 44 heavy (non-hydrogen) atoms. The van der Waals surface area contributed by atoms with E-state index < -0.39 is 10.8 Å². The SMILES string of the molecule is CCOc1cc(/C=C(/C#N)C(=O)Nc2cccc([N+](=O)[O-])c2)cc(Cl)c1OCc1ccc(OCc2ccccc2)c(OC)c1. The Morgan fingerprint density at radius 3 is 2.41 bits per heavy atom. The Kier molecular flexibility index (Phi) is 10.8. The second-order valence-corrected chi connectivity index (χ2v) is 9.65. The van der Waals surface area contributed by atoms with E-state index >= 15 is 0 Å². The number of amides is 1. The van der Waals surface area contributed by atoms with Crippen molar-refractivity contribution in [3.05, 3.63) is 122 Å². The maximum Gasteiger partial charge on any atom is 0.271 e. The van der Waals surface area contributed by atoms with Crippen LogP contribution in [0.25, 0.3) is 6.08 Å². The molecule has 0 aliphatic heterocycles. The summed E-state index contributed by atoms with van der Waals surface area (Å²) in [5, 5.41) is 23.4. The van der Waals surface area contributed by atoms with Crippen molar-refractivity contribution < 1.29 is 28.7 Å². The first-order valence-electron chi connectivity index (χ1n) is 13.4. The summed E-state index contributed by atoms with van der Waals surface area (Å²) in [6, 6.07) is 25.7. The Morgan fingerprint density at radius 2 is 1.70 bits per heavy atom. The molecule has 1 amide bonds. The van der Waals surface area contributed by atoms with Gasteiger partial charge in [0.2, 0.25) is 0 Å². The summed E-state index contributed by atoms with van der Waals surface area (Å²) >= 11 is 6.58. The van der Waals surface area contributed by atoms with E-state index in [0.717, 1.165) is 11.1 Å². The summed E-state index contributed by atoms with van der Waals surface area (Å²) in [4.78, 5) is 23.2. The van der Waals surface area contributed by atoms with Gasteiger partial charge in [0.1, 0.15) is 24.9 Å². The number of nitriles is 1. The third kappa shape index (κ3) is 8.27. The second-order valence-electron chi connectivity index (χ2n) is 9.24. The third-order valence-corrected chi connectivity index (χ3v) is 6.45. The van der Waals surface area contributed by atoms with Crippen LogP contribution < -0.4 is 24.3 Å². The predicted octanol–water partition coefficient (Wildman–Crippen LogP) is 7.36. The molecule has 0 spiro atoms. The highest BCUT2D eigenvalue weighted by Gasteiger charge is 2.16. The maximum atomic E-state index is 12.8. The van der Waals surface area contributed by atoms with E-state index in [4.69, 9.17) is 30.5 Å². The second kappa shape index (κ2) is 15.1. The molecule has 0 fully saturated rings. The summed E-state index contributed by atoms with van der Waals surface area (Å²) in [6.07, 6.45) is 1.34. The first-order valence-corrected chi connectivity index (χ1v) is 13.8. The molecule has 0 heterocycles. The lowest BCUT2D eigenvalue weighted by Gasteiger charge is -2.16. The fourth-order valence-electron chi connectivity index (χ4n) is 4.10. The summed E-state index contributed by atoms with van der Waals surface area (Å²) in [6.45, 7) is 2.64. The smallest absolute Gasteiger partial charge is 0.271 e. The van der Waals surface area contributed by atoms with Crippen LogP contribution in [-0.4, -0.2) is 24.5 Å². The fourth-order valence-corrected chi connectivity index (χ4v) is 4.37. The topological polar surface area (TPSA) is 133 Å². The first-order chi connectivity index (χ1) is 21.3. The first kappa shape index (κ1) is 31.4. The Bertz CT molecular complexity index is 1720. The van der Waals surface area contributed by atoms with Crippen LogP contribution in [-0.2, 0) is 18.0 Å². The number of nitrogens with zero attached hydrogens (tertiary/aromatic N) is 2. The number of nitro benzene ring substituents is 1. The van der Waals surface area contributed by atoms with Gasteiger partial charge in [-0.1, -0.05) is 54.1 Å². The van der Waals surface area contributed by atoms with Crippen molar-refractivity contribution in [1.82, 2.24) is 0 Å². The molecule has 0 saturated carbocycles. The van der Waals surface area contributed by atoms with Gasteiger partial charge < -0.3 is 24.3 Å². The Morgan fingerprint density at radius 1 is 0.932 bits per heavy atom. The van der Waals surface area contributed by atoms with E-state index in [2.05, 4.69) is 5.32 Å². The highest BCUT2D eigenvalue weighted by atomic mass is 35.5. The van der Waals surface area contributed by atoms with E-state index in [1.807, 2.05) is 54.6 Å². The van der Waals surface area contributed by atoms with Gasteiger partial charge in [-0.2, -0.15) is 5.26 Å². The van der Waals surface area contributed by atoms with Crippen LogP contribution in [0.5, 0.6) is 23.0 Å². The number of anilines is 1. The average molecular weight is 614 g/mol. The lowest BCUT2D eigenvalue weighted by Crippen LogP contribution is -2.13. The molecule has 0 radical (unpaired) electrons. The Balaban J connectivity index is 1.49. The van der Waals surface area contributed by atoms with Crippen molar-refractivity contribution in [2.24, 2.45) is 0 Å². The lowest BCUT2D eigenvalue weighted by molar-refractivity contribution is -0.384. The highest BCUT2D eigenvalue weighted by molar-refractivity contribution is 6.32. The molecule has 0 aliphatic carbocycles. The number of non-ortho nitro benzene ring substituents is 1. The molecule has 4 aromatic carbocycles. The number of hydrogen-bond donors (Lipinski definition) is 1. The van der Waals surface area contributed by atoms with Crippen LogP contribution in [0.4, 0.5) is 11.4 Å². The number of rotatable bonds is 13. The molecule has 0 aromatic heterocycles. The van der Waals surface area contributed by atoms with Crippen molar-refractivity contribution >= 4 is 35.0 Å². The van der Waals surface area contributed by atoms with Crippen molar-refractivity contribution in [3.8, 4) is 29.1 Å². The van der Waals surface area contributed by atoms with Crippen LogP contribution in [0.3, 0.4) is 0 Å². The molecule has 10 nitrogen and oxygen atoms in total. The van der Waals surface area contributed by atoms with Crippen molar-refractivity contribution in [2.45, 2.75) is 20.1 Å². The van der Waals surface area contributed by atoms with Gasteiger partial charge in [-0.3, -0.25) is 14.9 Å². The van der Waals surface area contributed by atoms with Crippen LogP contribution in [0.1, 0.15) is 23.6 Å². The Hall–Kier alpha value is -5.53. The molecule has 224 valence electrons. The van der Waals surface area contributed by atoms with Crippen LogP contribution in [0.2, 0.25) is 5.02 Å². The molecule has 4 rings (SSSR count). The van der Waals surface area contributed by atoms with Gasteiger partial charge in [-0.15, -0.1) is 0 Å². The number of ether oxygens (including phenoxy) is 4. The van der Waals surface area contributed by atoms with Crippen molar-refractivity contribution in [3.63, 3.8) is 0 Å². The molecular weight excluding hydrogens is 586 g/mol. The minimum atomic E-state index is -0.743. The molecule has 0 bridgehead atoms. The number of carbonyl (C=O) groups excluding carboxylic acids is 1. The molecule has 1 N–H and O–H groups in total. The molecule has 0 unspecified atom stereocenters. The maximum absolute atomic E-state index is 12.8. The van der Waals surface area contributed by atoms with E-state index in [9.17, 15) is 20.2 Å². The number of hydrogen-bond acceptors (Lipinski definition) is 8. The normalized spacial score (nSPS) is 10.8. The zero-order chi connectivity index (χ0) is 31.5. The molecule has 11 heteroatoms. The number of benzene rings is 4. The summed E-state index contributed by atoms with van der Waals surface area (Å²) in [5.74, 6) is 0.997. The molecule has 4 aromatic rings. The Labute approximate surface area is 259 Å². The highest BCUT2D eigenvalue weighted by Crippen LogP contribution is 2.38. The van der Waals surface area contributed by atoms with E-state index in [1.54, 1.807) is 26.2 Å². The molecule has 0 atom stereocenters. The number of methoxy groups -OCH3 is 1. The van der Waals surface area contributed by atoms with Crippen molar-refractivity contribution in [1.29, 1.82) is 5.26 Å². The third-order valence-electron chi connectivity index (χ3n) is 6.17. The standard InChI is InChI=1S/C33H28ClN3O7/c1-3-42-31-17-24(14-25(19-35)33(38)36-26-10-7-11-27(18-26)37(39)40)15-28(34)32(31)44-21-23-12-13-29(30(16-23)41-2)43-20-22-8-5-4-6-9-22/h4-18H,3,20-21H2,1-2H3,(H,36,38)/b25-14-. The van der Waals surface area contributed by atoms with Gasteiger partial charge in [0, 0.05) is 17.8 Å². The van der Waals surface area contributed by atoms with Gasteiger partial charge in [0.25, 0.3) is 11.6 Å². The van der Waals surface area contributed by atoms with Gasteiger partial charge in [-0.25, -0.2) is 0 Å². The van der Waals surface area contributed by atoms with Crippen LogP contribution in [0, 0.1) is 21.4 Å². The van der Waals surface area contributed by atoms with Gasteiger partial charge >= 0.3 is 0 Å². The molecular formula is C33H28ClN3O7. The van der Waals surface area contributed by atoms with Crippen molar-refractivity contribution in [2.75, 3.05) is 19.0 Å². The van der Waals surface area contributed by atoms with Gasteiger partial charge in [-0.05, 0) is 60.0 Å². The van der Waals surface area contributed by atoms with Gasteiger partial charge in [0.05, 0.1) is 23.7 Å². The summed E-state index contributed by atoms with van der Waals surface area (Å²) < 4.78 is 23.3. The van der Waals surface area contributed by atoms with Gasteiger partial charge in [0.15, 0.2) is 23.0 Å². The largest absolute Gasteiger partial charge is 0.493 e. The molecule has 0 aliphatic rings. The number of carbonyl (C=O) groups is 1. The van der Waals surface area contributed by atoms with Crippen LogP contribution >= 0.6 is 11.6 Å². The minimum Gasteiger partial charge on any atom is -0.493 e. The molecule has 0 saturated heterocycles. The van der Waals surface area contributed by atoms with E-state index in [0.29, 0.717) is 36.0 Å². The predicted molar refractivity (Wildman–Crippen MR) is 166 cm³/mol. The summed E-state index contributed by atoms with van der Waals surface area (Å²) in [7, 11) is 1.56. The number of halogens is 1. The number of nitrogens with one attached hydrogen (secondary N) is 1. The monoisotopic (exact) mass is 613 g/mol. The fraction of sp³-hybridized carbons (Fsp3) is 0.152. The van der Waals surface area contributed by atoms with Crippen LogP contribution in [0.15, 0.2) is 90.5 Å². The van der Waals surface area contributed by atoms with E-state index in [1.165, 1.54) is 30.3 Å². The number of nitro groups is 1. The average Bonchev–Trinajstić information content (AvgIpc) is 3.03. The summed E-state index contributed by atoms with van der Waals surface area (Å²) in [5.41, 5.74) is 1.97. The minimum absolute atomic E-state index is 0.138. The van der Waals surface area contributed by atoms with E-state index in [-0.39, 0.29) is 34.3 Å². The lowest BCUT2D eigenvalue weighted by atomic mass is 10.1. The quantitative estimate of drug-likeness (QED) is 0.0715. The zero-order valence-corrected chi connectivity index (χ0v) is 24.7.